The fourth-order valence-electron chi connectivity index (χ4n) is 6.64. The molecular formula is C24H33ClN4O5S. The van der Waals surface area contributed by atoms with E-state index < -0.39 is 15.9 Å². The second-order valence-electron chi connectivity index (χ2n) is 10.1. The van der Waals surface area contributed by atoms with Gasteiger partial charge in [-0.05, 0) is 49.8 Å². The van der Waals surface area contributed by atoms with E-state index in [9.17, 15) is 18.0 Å². The van der Waals surface area contributed by atoms with Crippen LogP contribution in [0.25, 0.3) is 0 Å². The molecule has 3 saturated heterocycles. The fraction of sp³-hybridized carbons (Fsp3) is 0.667. The molecule has 1 aliphatic carbocycles. The summed E-state index contributed by atoms with van der Waals surface area (Å²) in [7, 11) is -1.57. The molecule has 3 aliphatic heterocycles. The van der Waals surface area contributed by atoms with Gasteiger partial charge in [0.2, 0.25) is 15.9 Å². The summed E-state index contributed by atoms with van der Waals surface area (Å²) < 4.78 is 31.4. The van der Waals surface area contributed by atoms with E-state index in [1.54, 1.807) is 31.4 Å². The molecule has 0 aromatic heterocycles. The molecule has 0 radical (unpaired) electrons. The van der Waals surface area contributed by atoms with E-state index in [4.69, 9.17) is 16.3 Å². The van der Waals surface area contributed by atoms with E-state index in [2.05, 4.69) is 5.32 Å². The van der Waals surface area contributed by atoms with Gasteiger partial charge in [0.15, 0.2) is 0 Å². The number of hydrogen-bond acceptors (Lipinski definition) is 6. The number of benzene rings is 1. The van der Waals surface area contributed by atoms with E-state index in [1.165, 1.54) is 15.5 Å². The Morgan fingerprint density at radius 2 is 1.86 bits per heavy atom. The van der Waals surface area contributed by atoms with Gasteiger partial charge in [0.25, 0.3) is 0 Å². The third-order valence-electron chi connectivity index (χ3n) is 8.24. The van der Waals surface area contributed by atoms with Crippen molar-refractivity contribution in [1.82, 2.24) is 14.5 Å². The van der Waals surface area contributed by atoms with Crippen molar-refractivity contribution in [2.24, 2.45) is 11.8 Å². The maximum atomic E-state index is 14.1. The highest BCUT2D eigenvalue weighted by molar-refractivity contribution is 7.88. The summed E-state index contributed by atoms with van der Waals surface area (Å²) >= 11 is 6.21. The van der Waals surface area contributed by atoms with Crippen molar-refractivity contribution in [1.29, 1.82) is 0 Å². The zero-order valence-corrected chi connectivity index (χ0v) is 21.7. The zero-order valence-electron chi connectivity index (χ0n) is 20.1. The zero-order chi connectivity index (χ0) is 24.9. The Bertz CT molecular complexity index is 1090. The van der Waals surface area contributed by atoms with Crippen LogP contribution in [0.1, 0.15) is 32.1 Å². The number of imide groups is 1. The molecule has 1 aromatic rings. The van der Waals surface area contributed by atoms with Gasteiger partial charge in [-0.25, -0.2) is 22.4 Å². The van der Waals surface area contributed by atoms with Crippen molar-refractivity contribution in [3.05, 3.63) is 29.3 Å². The molecule has 192 valence electrons. The van der Waals surface area contributed by atoms with Gasteiger partial charge >= 0.3 is 6.03 Å². The van der Waals surface area contributed by atoms with E-state index in [1.807, 2.05) is 4.90 Å². The number of piperidine rings is 2. The van der Waals surface area contributed by atoms with Gasteiger partial charge in [-0.2, -0.15) is 0 Å². The molecule has 35 heavy (non-hydrogen) atoms. The normalized spacial score (nSPS) is 32.9. The van der Waals surface area contributed by atoms with Crippen LogP contribution in [0.2, 0.25) is 5.02 Å². The van der Waals surface area contributed by atoms with Crippen LogP contribution in [0.5, 0.6) is 0 Å². The fourth-order valence-corrected chi connectivity index (χ4v) is 7.70. The van der Waals surface area contributed by atoms with Gasteiger partial charge in [-0.1, -0.05) is 24.1 Å². The first-order chi connectivity index (χ1) is 16.7. The first-order valence-electron chi connectivity index (χ1n) is 12.3. The van der Waals surface area contributed by atoms with Crippen molar-refractivity contribution >= 4 is 39.2 Å². The SMILES string of the molecule is COC1CCCC2C1NCC1C(=O)N(c3cccc(Cl)c3)C(=O)N(C3CCN(S(C)(=O)=O)CC3)C12. The molecule has 1 N–H and O–H groups in total. The largest absolute Gasteiger partial charge is 0.380 e. The lowest BCUT2D eigenvalue weighted by Gasteiger charge is -2.57. The smallest absolute Gasteiger partial charge is 0.331 e. The average Bonchev–Trinajstić information content (AvgIpc) is 2.83. The van der Waals surface area contributed by atoms with Crippen LogP contribution in [0.3, 0.4) is 0 Å². The number of ether oxygens (including phenoxy) is 1. The number of methoxy groups -OCH3 is 1. The lowest BCUT2D eigenvalue weighted by atomic mass is 9.69. The summed E-state index contributed by atoms with van der Waals surface area (Å²) in [4.78, 5) is 31.1. The molecule has 5 unspecified atom stereocenters. The number of fused-ring (bicyclic) bond motifs is 3. The number of rotatable bonds is 4. The predicted octanol–water partition coefficient (Wildman–Crippen LogP) is 2.30. The molecule has 4 aliphatic rings. The van der Waals surface area contributed by atoms with Gasteiger partial charge in [0.1, 0.15) is 0 Å². The maximum absolute atomic E-state index is 14.1. The second-order valence-corrected chi connectivity index (χ2v) is 12.6. The molecule has 0 spiro atoms. The van der Waals surface area contributed by atoms with Gasteiger partial charge in [0, 0.05) is 43.9 Å². The van der Waals surface area contributed by atoms with Crippen molar-refractivity contribution in [3.8, 4) is 0 Å². The van der Waals surface area contributed by atoms with Crippen molar-refractivity contribution < 1.29 is 22.7 Å². The Morgan fingerprint density at radius 3 is 2.51 bits per heavy atom. The minimum Gasteiger partial charge on any atom is -0.380 e. The van der Waals surface area contributed by atoms with E-state index in [0.717, 1.165) is 19.3 Å². The first-order valence-corrected chi connectivity index (χ1v) is 14.6. The second kappa shape index (κ2) is 9.63. The topological polar surface area (TPSA) is 99.3 Å². The van der Waals surface area contributed by atoms with E-state index >= 15 is 0 Å². The molecule has 11 heteroatoms. The molecule has 4 fully saturated rings. The van der Waals surface area contributed by atoms with Gasteiger partial charge < -0.3 is 15.0 Å². The Hall–Kier alpha value is -1.72. The van der Waals surface area contributed by atoms with Crippen LogP contribution in [0.4, 0.5) is 10.5 Å². The summed E-state index contributed by atoms with van der Waals surface area (Å²) in [5.74, 6) is -0.510. The average molecular weight is 525 g/mol. The molecule has 5 atom stereocenters. The molecule has 3 amide bonds. The van der Waals surface area contributed by atoms with Gasteiger partial charge in [-0.3, -0.25) is 4.79 Å². The Morgan fingerprint density at radius 1 is 1.11 bits per heavy atom. The molecular weight excluding hydrogens is 492 g/mol. The number of nitrogens with zero attached hydrogens (tertiary/aromatic N) is 3. The monoisotopic (exact) mass is 524 g/mol. The molecule has 5 rings (SSSR count). The molecule has 0 bridgehead atoms. The predicted molar refractivity (Wildman–Crippen MR) is 133 cm³/mol. The Labute approximate surface area is 211 Å². The minimum atomic E-state index is -3.29. The standard InChI is InChI=1S/C24H33ClN4O5S/c1-34-20-8-4-7-18-21(20)26-14-19-22(18)28(16-9-11-27(12-10-16)35(2,32)33)24(31)29(23(19)30)17-6-3-5-15(25)13-17/h3,5-6,13,16,18-22,26H,4,7-12,14H2,1-2H3. The Kier molecular flexibility index (Phi) is 6.86. The van der Waals surface area contributed by atoms with Crippen LogP contribution >= 0.6 is 11.6 Å². The summed E-state index contributed by atoms with van der Waals surface area (Å²) in [6.45, 7) is 1.19. The molecule has 3 heterocycles. The van der Waals surface area contributed by atoms with Crippen LogP contribution in [-0.4, -0.2) is 86.8 Å². The van der Waals surface area contributed by atoms with Crippen molar-refractivity contribution in [2.75, 3.05) is 37.9 Å². The third kappa shape index (κ3) is 4.48. The van der Waals surface area contributed by atoms with Crippen molar-refractivity contribution in [3.63, 3.8) is 0 Å². The molecule has 9 nitrogen and oxygen atoms in total. The number of carbonyl (C=O) groups is 2. The van der Waals surface area contributed by atoms with Crippen LogP contribution in [0, 0.1) is 11.8 Å². The highest BCUT2D eigenvalue weighted by Crippen LogP contribution is 2.43. The highest BCUT2D eigenvalue weighted by Gasteiger charge is 2.57. The van der Waals surface area contributed by atoms with Gasteiger partial charge in [-0.15, -0.1) is 0 Å². The quantitative estimate of drug-likeness (QED) is 0.649. The van der Waals surface area contributed by atoms with Crippen molar-refractivity contribution in [2.45, 2.75) is 56.3 Å². The number of halogens is 1. The van der Waals surface area contributed by atoms with E-state index in [-0.39, 0.29) is 42.1 Å². The number of hydrogen-bond donors (Lipinski definition) is 1. The first kappa shape index (κ1) is 25.0. The lowest BCUT2D eigenvalue weighted by Crippen LogP contribution is -2.74. The van der Waals surface area contributed by atoms with Crippen LogP contribution < -0.4 is 10.2 Å². The summed E-state index contributed by atoms with van der Waals surface area (Å²) in [6.07, 6.45) is 5.18. The third-order valence-corrected chi connectivity index (χ3v) is 9.78. The number of nitrogens with one attached hydrogen (secondary N) is 1. The Balaban J connectivity index is 1.52. The summed E-state index contributed by atoms with van der Waals surface area (Å²) in [5, 5.41) is 4.03. The summed E-state index contributed by atoms with van der Waals surface area (Å²) in [6, 6.07) is 6.16. The van der Waals surface area contributed by atoms with E-state index in [0.29, 0.717) is 43.2 Å². The van der Waals surface area contributed by atoms with Crippen LogP contribution in [0.15, 0.2) is 24.3 Å². The number of amides is 3. The molecule has 1 aromatic carbocycles. The van der Waals surface area contributed by atoms with Gasteiger partial charge in [0.05, 0.1) is 30.0 Å². The highest BCUT2D eigenvalue weighted by atomic mass is 35.5. The maximum Gasteiger partial charge on any atom is 0.331 e. The summed E-state index contributed by atoms with van der Waals surface area (Å²) in [5.41, 5.74) is 0.463. The molecule has 1 saturated carbocycles. The minimum absolute atomic E-state index is 0.0415. The van der Waals surface area contributed by atoms with Crippen LogP contribution in [-0.2, 0) is 19.6 Å². The lowest BCUT2D eigenvalue weighted by molar-refractivity contribution is -0.132. The number of urea groups is 1. The number of anilines is 1. The number of carbonyl (C=O) groups excluding carboxylic acids is 2. The number of sulfonamides is 1.